The molecular formula is C14H9F3N2O3S. The highest BCUT2D eigenvalue weighted by atomic mass is 32.2. The van der Waals surface area contributed by atoms with E-state index in [-0.39, 0.29) is 22.2 Å². The number of carbonyl (C=O) groups is 1. The summed E-state index contributed by atoms with van der Waals surface area (Å²) in [6.45, 7) is 0. The molecule has 0 fully saturated rings. The second-order valence-corrected chi connectivity index (χ2v) is 5.15. The minimum absolute atomic E-state index is 0.0753. The molecule has 2 aromatic heterocycles. The summed E-state index contributed by atoms with van der Waals surface area (Å²) in [5.41, 5.74) is -1.84. The van der Waals surface area contributed by atoms with Crippen LogP contribution in [-0.2, 0) is 15.7 Å². The van der Waals surface area contributed by atoms with E-state index >= 15 is 0 Å². The van der Waals surface area contributed by atoms with Gasteiger partial charge in [-0.2, -0.15) is 18.4 Å². The predicted molar refractivity (Wildman–Crippen MR) is 74.4 cm³/mol. The standard InChI is InChI=1S/C14H9F3N2O3S/c1-21-12(20)7-23-13-8(6-18)9(14(15,16)17)5-10(19-13)11-3-2-4-22-11/h2-5H,7H2,1H3. The highest BCUT2D eigenvalue weighted by Crippen LogP contribution is 2.37. The topological polar surface area (TPSA) is 76.1 Å². The number of nitrogens with zero attached hydrogens (tertiary/aromatic N) is 2. The number of furan rings is 1. The molecule has 2 heterocycles. The van der Waals surface area contributed by atoms with Crippen molar-refractivity contribution in [3.05, 3.63) is 35.6 Å². The summed E-state index contributed by atoms with van der Waals surface area (Å²) < 4.78 is 49.1. The number of alkyl halides is 3. The zero-order chi connectivity index (χ0) is 17.0. The van der Waals surface area contributed by atoms with Crippen LogP contribution < -0.4 is 0 Å². The summed E-state index contributed by atoms with van der Waals surface area (Å²) in [5, 5.41) is 8.85. The van der Waals surface area contributed by atoms with Crippen LogP contribution in [0, 0.1) is 11.3 Å². The van der Waals surface area contributed by atoms with E-state index in [2.05, 4.69) is 9.72 Å². The third-order valence-corrected chi connectivity index (χ3v) is 3.68. The molecule has 0 aliphatic heterocycles. The Morgan fingerprint density at radius 3 is 2.78 bits per heavy atom. The van der Waals surface area contributed by atoms with Gasteiger partial charge in [-0.05, 0) is 18.2 Å². The number of hydrogen-bond donors (Lipinski definition) is 0. The number of methoxy groups -OCH3 is 1. The molecule has 0 atom stereocenters. The lowest BCUT2D eigenvalue weighted by atomic mass is 10.1. The Labute approximate surface area is 133 Å². The highest BCUT2D eigenvalue weighted by molar-refractivity contribution is 7.99. The summed E-state index contributed by atoms with van der Waals surface area (Å²) in [7, 11) is 1.15. The number of nitriles is 1. The summed E-state index contributed by atoms with van der Waals surface area (Å²) in [6, 6.07) is 5.20. The minimum atomic E-state index is -4.74. The van der Waals surface area contributed by atoms with E-state index in [9.17, 15) is 18.0 Å². The molecule has 0 aromatic carbocycles. The number of ether oxygens (including phenoxy) is 1. The van der Waals surface area contributed by atoms with E-state index in [1.807, 2.05) is 0 Å². The SMILES string of the molecule is COC(=O)CSc1nc(-c2ccco2)cc(C(F)(F)F)c1C#N. The number of thioether (sulfide) groups is 1. The first kappa shape index (κ1) is 16.9. The maximum atomic E-state index is 13.2. The molecule has 9 heteroatoms. The van der Waals surface area contributed by atoms with Crippen molar-refractivity contribution in [3.63, 3.8) is 0 Å². The van der Waals surface area contributed by atoms with Crippen LogP contribution in [0.2, 0.25) is 0 Å². The van der Waals surface area contributed by atoms with E-state index < -0.39 is 23.3 Å². The van der Waals surface area contributed by atoms with Gasteiger partial charge in [0.15, 0.2) is 5.76 Å². The first-order chi connectivity index (χ1) is 10.9. The first-order valence-corrected chi connectivity index (χ1v) is 7.11. The van der Waals surface area contributed by atoms with Crippen molar-refractivity contribution >= 4 is 17.7 Å². The fraction of sp³-hybridized carbons (Fsp3) is 0.214. The minimum Gasteiger partial charge on any atom is -0.468 e. The average molecular weight is 342 g/mol. The zero-order valence-corrected chi connectivity index (χ0v) is 12.5. The van der Waals surface area contributed by atoms with Crippen LogP contribution in [0.3, 0.4) is 0 Å². The summed E-state index contributed by atoms with van der Waals surface area (Å²) in [5.74, 6) is -0.783. The van der Waals surface area contributed by atoms with Gasteiger partial charge < -0.3 is 9.15 Å². The van der Waals surface area contributed by atoms with Gasteiger partial charge in [-0.15, -0.1) is 0 Å². The van der Waals surface area contributed by atoms with Crippen LogP contribution in [0.15, 0.2) is 33.9 Å². The summed E-state index contributed by atoms with van der Waals surface area (Å²) in [4.78, 5) is 15.2. The van der Waals surface area contributed by atoms with Gasteiger partial charge in [-0.1, -0.05) is 11.8 Å². The Balaban J connectivity index is 2.56. The molecule has 0 amide bonds. The second kappa shape index (κ2) is 6.75. The van der Waals surface area contributed by atoms with Crippen molar-refractivity contribution < 1.29 is 27.1 Å². The van der Waals surface area contributed by atoms with Crippen molar-refractivity contribution in [1.82, 2.24) is 4.98 Å². The molecule has 0 unspecified atom stereocenters. The Hall–Kier alpha value is -2.47. The molecule has 120 valence electrons. The fourth-order valence-corrected chi connectivity index (χ4v) is 2.53. The molecular weight excluding hydrogens is 333 g/mol. The van der Waals surface area contributed by atoms with Crippen molar-refractivity contribution in [2.45, 2.75) is 11.2 Å². The molecule has 23 heavy (non-hydrogen) atoms. The predicted octanol–water partition coefficient (Wildman–Crippen LogP) is 3.50. The van der Waals surface area contributed by atoms with Gasteiger partial charge in [0.1, 0.15) is 16.8 Å². The molecule has 0 spiro atoms. The van der Waals surface area contributed by atoms with Crippen LogP contribution >= 0.6 is 11.8 Å². The largest absolute Gasteiger partial charge is 0.468 e. The first-order valence-electron chi connectivity index (χ1n) is 6.12. The van der Waals surface area contributed by atoms with Gasteiger partial charge in [-0.25, -0.2) is 4.98 Å². The summed E-state index contributed by atoms with van der Waals surface area (Å²) in [6.07, 6.45) is -3.44. The zero-order valence-electron chi connectivity index (χ0n) is 11.7. The van der Waals surface area contributed by atoms with Crippen LogP contribution in [-0.4, -0.2) is 23.8 Å². The maximum absolute atomic E-state index is 13.2. The van der Waals surface area contributed by atoms with Gasteiger partial charge in [-0.3, -0.25) is 4.79 Å². The van der Waals surface area contributed by atoms with Gasteiger partial charge in [0.05, 0.1) is 30.3 Å². The van der Waals surface area contributed by atoms with E-state index in [0.29, 0.717) is 11.8 Å². The molecule has 0 aliphatic rings. The average Bonchev–Trinajstić information content (AvgIpc) is 3.05. The molecule has 0 radical (unpaired) electrons. The molecule has 0 aliphatic carbocycles. The number of aromatic nitrogens is 1. The van der Waals surface area contributed by atoms with Crippen LogP contribution in [0.25, 0.3) is 11.5 Å². The molecule has 0 bridgehead atoms. The normalized spacial score (nSPS) is 11.1. The van der Waals surface area contributed by atoms with Crippen LogP contribution in [0.5, 0.6) is 0 Å². The number of pyridine rings is 1. The maximum Gasteiger partial charge on any atom is 0.417 e. The summed E-state index contributed by atoms with van der Waals surface area (Å²) >= 11 is 0.696. The number of carbonyl (C=O) groups excluding carboxylic acids is 1. The third-order valence-electron chi connectivity index (χ3n) is 2.73. The van der Waals surface area contributed by atoms with E-state index in [4.69, 9.17) is 9.68 Å². The van der Waals surface area contributed by atoms with Crippen molar-refractivity contribution in [1.29, 1.82) is 5.26 Å². The van der Waals surface area contributed by atoms with Crippen molar-refractivity contribution in [2.24, 2.45) is 0 Å². The number of halogens is 3. The third kappa shape index (κ3) is 3.84. The lowest BCUT2D eigenvalue weighted by Crippen LogP contribution is -2.11. The van der Waals surface area contributed by atoms with Gasteiger partial charge in [0.2, 0.25) is 0 Å². The smallest absolute Gasteiger partial charge is 0.417 e. The monoisotopic (exact) mass is 342 g/mol. The fourth-order valence-electron chi connectivity index (χ4n) is 1.69. The quantitative estimate of drug-likeness (QED) is 0.625. The number of esters is 1. The van der Waals surface area contributed by atoms with Gasteiger partial charge in [0.25, 0.3) is 0 Å². The molecule has 2 rings (SSSR count). The van der Waals surface area contributed by atoms with Gasteiger partial charge >= 0.3 is 12.1 Å². The molecule has 0 saturated heterocycles. The molecule has 0 saturated carbocycles. The Morgan fingerprint density at radius 2 is 2.26 bits per heavy atom. The van der Waals surface area contributed by atoms with Crippen molar-refractivity contribution in [3.8, 4) is 17.5 Å². The van der Waals surface area contributed by atoms with Crippen LogP contribution in [0.4, 0.5) is 13.2 Å². The second-order valence-electron chi connectivity index (χ2n) is 4.19. The Kier molecular flexibility index (Phi) is 4.95. The Morgan fingerprint density at radius 1 is 1.52 bits per heavy atom. The van der Waals surface area contributed by atoms with E-state index in [1.54, 1.807) is 0 Å². The number of hydrogen-bond acceptors (Lipinski definition) is 6. The molecule has 0 N–H and O–H groups in total. The highest BCUT2D eigenvalue weighted by Gasteiger charge is 2.36. The number of rotatable bonds is 4. The lowest BCUT2D eigenvalue weighted by Gasteiger charge is -2.13. The Bertz CT molecular complexity index is 752. The van der Waals surface area contributed by atoms with Gasteiger partial charge in [0, 0.05) is 0 Å². The van der Waals surface area contributed by atoms with E-state index in [1.165, 1.54) is 24.5 Å². The molecule has 2 aromatic rings. The van der Waals surface area contributed by atoms with Crippen LogP contribution in [0.1, 0.15) is 11.1 Å². The van der Waals surface area contributed by atoms with E-state index in [0.717, 1.165) is 13.2 Å². The lowest BCUT2D eigenvalue weighted by molar-refractivity contribution is -0.138. The molecule has 5 nitrogen and oxygen atoms in total. The van der Waals surface area contributed by atoms with Crippen molar-refractivity contribution in [2.75, 3.05) is 12.9 Å².